The highest BCUT2D eigenvalue weighted by atomic mass is 32.1. The van der Waals surface area contributed by atoms with Gasteiger partial charge in [-0.2, -0.15) is 4.37 Å². The molecule has 0 aliphatic carbocycles. The third-order valence-electron chi connectivity index (χ3n) is 3.36. The topological polar surface area (TPSA) is 72.3 Å². The fourth-order valence-electron chi connectivity index (χ4n) is 2.33. The van der Waals surface area contributed by atoms with Crippen LogP contribution in [0.4, 0.5) is 4.39 Å². The lowest BCUT2D eigenvalue weighted by Gasteiger charge is -2.07. The molecule has 0 saturated carbocycles. The summed E-state index contributed by atoms with van der Waals surface area (Å²) in [5.74, 6) is -1.51. The lowest BCUT2D eigenvalue weighted by molar-refractivity contribution is 0.0516. The summed E-state index contributed by atoms with van der Waals surface area (Å²) in [6, 6.07) is 6.14. The van der Waals surface area contributed by atoms with Crippen LogP contribution in [0.5, 0.6) is 5.75 Å². The van der Waals surface area contributed by atoms with Crippen molar-refractivity contribution in [2.45, 2.75) is 13.8 Å². The number of aromatic hydroxyl groups is 1. The molecule has 23 heavy (non-hydrogen) atoms. The summed E-state index contributed by atoms with van der Waals surface area (Å²) in [6.07, 6.45) is 0. The predicted octanol–water partition coefficient (Wildman–Crippen LogP) is 3.69. The van der Waals surface area contributed by atoms with Crippen molar-refractivity contribution in [2.75, 3.05) is 6.61 Å². The molecule has 3 rings (SSSR count). The second-order valence-electron chi connectivity index (χ2n) is 4.83. The molecule has 3 aromatic rings. The van der Waals surface area contributed by atoms with Crippen molar-refractivity contribution in [1.29, 1.82) is 0 Å². The maximum atomic E-state index is 14.1. The molecule has 2 aromatic heterocycles. The molecule has 0 saturated heterocycles. The standard InChI is InChI=1S/C16H13FN2O3S/c1-3-22-16(21)13-14(20)11-12(9-6-4-5-7-10(9)17)19-23-15(11)8(2)18-13/h4-7,20H,3H2,1-2H3. The predicted molar refractivity (Wildman–Crippen MR) is 85.2 cm³/mol. The monoisotopic (exact) mass is 332 g/mol. The number of esters is 1. The highest BCUT2D eigenvalue weighted by molar-refractivity contribution is 7.14. The van der Waals surface area contributed by atoms with Gasteiger partial charge in [-0.1, -0.05) is 12.1 Å². The third kappa shape index (κ3) is 2.53. The minimum atomic E-state index is -0.722. The van der Waals surface area contributed by atoms with E-state index in [0.717, 1.165) is 11.5 Å². The molecule has 0 amide bonds. The Hall–Kier alpha value is -2.54. The van der Waals surface area contributed by atoms with Crippen LogP contribution in [0, 0.1) is 12.7 Å². The number of pyridine rings is 1. The van der Waals surface area contributed by atoms with E-state index in [2.05, 4.69) is 9.36 Å². The molecule has 7 heteroatoms. The van der Waals surface area contributed by atoms with Crippen molar-refractivity contribution in [3.8, 4) is 17.0 Å². The second kappa shape index (κ2) is 5.92. The summed E-state index contributed by atoms with van der Waals surface area (Å²) < 4.78 is 23.8. The maximum Gasteiger partial charge on any atom is 0.360 e. The molecule has 0 radical (unpaired) electrons. The maximum absolute atomic E-state index is 14.1. The molecule has 5 nitrogen and oxygen atoms in total. The van der Waals surface area contributed by atoms with Crippen molar-refractivity contribution in [3.63, 3.8) is 0 Å². The van der Waals surface area contributed by atoms with Crippen LogP contribution < -0.4 is 0 Å². The minimum Gasteiger partial charge on any atom is -0.505 e. The van der Waals surface area contributed by atoms with Gasteiger partial charge in [0.15, 0.2) is 11.4 Å². The van der Waals surface area contributed by atoms with Crippen LogP contribution in [-0.2, 0) is 4.74 Å². The van der Waals surface area contributed by atoms with E-state index in [-0.39, 0.29) is 29.3 Å². The molecule has 0 atom stereocenters. The van der Waals surface area contributed by atoms with Gasteiger partial charge in [0.1, 0.15) is 5.82 Å². The van der Waals surface area contributed by atoms with E-state index < -0.39 is 11.8 Å². The largest absolute Gasteiger partial charge is 0.505 e. The zero-order valence-electron chi connectivity index (χ0n) is 12.5. The Balaban J connectivity index is 2.30. The number of aromatic nitrogens is 2. The molecule has 0 fully saturated rings. The molecule has 1 aromatic carbocycles. The van der Waals surface area contributed by atoms with Gasteiger partial charge in [-0.15, -0.1) is 0 Å². The van der Waals surface area contributed by atoms with E-state index in [1.54, 1.807) is 32.0 Å². The molecule has 2 heterocycles. The van der Waals surface area contributed by atoms with Gasteiger partial charge in [0.05, 0.1) is 28.1 Å². The fraction of sp³-hybridized carbons (Fsp3) is 0.188. The van der Waals surface area contributed by atoms with Crippen LogP contribution in [0.15, 0.2) is 24.3 Å². The molecule has 0 aliphatic heterocycles. The van der Waals surface area contributed by atoms with Gasteiger partial charge in [-0.3, -0.25) is 0 Å². The first-order valence-corrected chi connectivity index (χ1v) is 7.72. The normalized spacial score (nSPS) is 10.9. The summed E-state index contributed by atoms with van der Waals surface area (Å²) >= 11 is 1.10. The molecule has 0 aliphatic rings. The zero-order chi connectivity index (χ0) is 16.6. The number of benzene rings is 1. The molecular formula is C16H13FN2O3S. The molecule has 1 N–H and O–H groups in total. The van der Waals surface area contributed by atoms with E-state index in [0.29, 0.717) is 15.8 Å². The van der Waals surface area contributed by atoms with Crippen LogP contribution in [0.3, 0.4) is 0 Å². The van der Waals surface area contributed by atoms with Crippen LogP contribution in [-0.4, -0.2) is 27.0 Å². The number of nitrogens with zero attached hydrogens (tertiary/aromatic N) is 2. The molecule has 0 unspecified atom stereocenters. The van der Waals surface area contributed by atoms with Crippen molar-refractivity contribution >= 4 is 27.6 Å². The highest BCUT2D eigenvalue weighted by Crippen LogP contribution is 2.40. The Morgan fingerprint density at radius 2 is 2.13 bits per heavy atom. The van der Waals surface area contributed by atoms with E-state index in [9.17, 15) is 14.3 Å². The number of carbonyl (C=O) groups excluding carboxylic acids is 1. The van der Waals surface area contributed by atoms with Crippen molar-refractivity contribution in [1.82, 2.24) is 9.36 Å². The van der Waals surface area contributed by atoms with Gasteiger partial charge >= 0.3 is 5.97 Å². The van der Waals surface area contributed by atoms with Crippen LogP contribution in [0.1, 0.15) is 23.1 Å². The number of ether oxygens (including phenoxy) is 1. The van der Waals surface area contributed by atoms with Crippen LogP contribution >= 0.6 is 11.5 Å². The summed E-state index contributed by atoms with van der Waals surface area (Å²) in [4.78, 5) is 16.1. The molecule has 0 bridgehead atoms. The Labute approximate surface area is 135 Å². The smallest absolute Gasteiger partial charge is 0.360 e. The van der Waals surface area contributed by atoms with E-state index in [1.165, 1.54) is 6.07 Å². The Kier molecular flexibility index (Phi) is 3.96. The lowest BCUT2D eigenvalue weighted by Crippen LogP contribution is -2.08. The van der Waals surface area contributed by atoms with E-state index in [4.69, 9.17) is 4.74 Å². The number of fused-ring (bicyclic) bond motifs is 1. The first kappa shape index (κ1) is 15.4. The van der Waals surface area contributed by atoms with Gasteiger partial charge in [-0.05, 0) is 37.5 Å². The molecule has 118 valence electrons. The lowest BCUT2D eigenvalue weighted by atomic mass is 10.1. The van der Waals surface area contributed by atoms with Crippen molar-refractivity contribution in [3.05, 3.63) is 41.5 Å². The minimum absolute atomic E-state index is 0.166. The number of halogens is 1. The first-order chi connectivity index (χ1) is 11.0. The molecular weight excluding hydrogens is 319 g/mol. The number of aryl methyl sites for hydroxylation is 1. The van der Waals surface area contributed by atoms with E-state index in [1.807, 2.05) is 0 Å². The third-order valence-corrected chi connectivity index (χ3v) is 4.32. The Morgan fingerprint density at radius 1 is 1.39 bits per heavy atom. The highest BCUT2D eigenvalue weighted by Gasteiger charge is 2.24. The average Bonchev–Trinajstić information content (AvgIpc) is 2.97. The van der Waals surface area contributed by atoms with Crippen molar-refractivity contribution < 1.29 is 19.0 Å². The van der Waals surface area contributed by atoms with Crippen LogP contribution in [0.25, 0.3) is 21.3 Å². The first-order valence-electron chi connectivity index (χ1n) is 6.95. The summed E-state index contributed by atoms with van der Waals surface area (Å²) in [5.41, 5.74) is 0.890. The number of hydrogen-bond donors (Lipinski definition) is 1. The SMILES string of the molecule is CCOC(=O)c1nc(C)c2snc(-c3ccccc3F)c2c1O. The van der Waals surface area contributed by atoms with Gasteiger partial charge in [0.2, 0.25) is 0 Å². The quantitative estimate of drug-likeness (QED) is 0.741. The summed E-state index contributed by atoms with van der Waals surface area (Å²) in [5, 5.41) is 10.8. The number of carbonyl (C=O) groups is 1. The fourth-order valence-corrected chi connectivity index (χ4v) is 3.16. The van der Waals surface area contributed by atoms with Gasteiger partial charge in [0, 0.05) is 5.56 Å². The van der Waals surface area contributed by atoms with Crippen molar-refractivity contribution in [2.24, 2.45) is 0 Å². The van der Waals surface area contributed by atoms with Gasteiger partial charge in [0.25, 0.3) is 0 Å². The zero-order valence-corrected chi connectivity index (χ0v) is 13.3. The number of rotatable bonds is 3. The summed E-state index contributed by atoms with van der Waals surface area (Å²) in [6.45, 7) is 3.53. The second-order valence-corrected chi connectivity index (χ2v) is 5.60. The Bertz CT molecular complexity index is 908. The van der Waals surface area contributed by atoms with Crippen LogP contribution in [0.2, 0.25) is 0 Å². The van der Waals surface area contributed by atoms with E-state index >= 15 is 0 Å². The van der Waals surface area contributed by atoms with Gasteiger partial charge < -0.3 is 9.84 Å². The molecule has 0 spiro atoms. The average molecular weight is 332 g/mol. The Morgan fingerprint density at radius 3 is 2.83 bits per heavy atom. The summed E-state index contributed by atoms with van der Waals surface area (Å²) in [7, 11) is 0. The van der Waals surface area contributed by atoms with Gasteiger partial charge in [-0.25, -0.2) is 14.2 Å². The number of hydrogen-bond acceptors (Lipinski definition) is 6.